The van der Waals surface area contributed by atoms with E-state index in [0.29, 0.717) is 15.7 Å². The number of hydrogen-bond acceptors (Lipinski definition) is 6. The molecule has 0 aliphatic rings. The summed E-state index contributed by atoms with van der Waals surface area (Å²) in [5.41, 5.74) is 0.547. The molecule has 0 aromatic carbocycles. The number of Topliss-reactive ketones (excluding diaryl/α,β-unsaturated/α-hetero) is 1. The number of hydrogen-bond donors (Lipinski definition) is 0. The Bertz CT molecular complexity index is 495. The van der Waals surface area contributed by atoms with Crippen LogP contribution in [0.15, 0.2) is 0 Å². The Morgan fingerprint density at radius 2 is 2.00 bits per heavy atom. The Labute approximate surface area is 109 Å². The zero-order valence-corrected chi connectivity index (χ0v) is 11.5. The van der Waals surface area contributed by atoms with Crippen LogP contribution in [0.25, 0.3) is 0 Å². The predicted octanol–water partition coefficient (Wildman–Crippen LogP) is 1.18. The van der Waals surface area contributed by atoms with Crippen LogP contribution in [0.2, 0.25) is 0 Å². The highest BCUT2D eigenvalue weighted by Gasteiger charge is 2.24. The maximum absolute atomic E-state index is 11.7. The van der Waals surface area contributed by atoms with Crippen molar-refractivity contribution in [1.29, 1.82) is 0 Å². The van der Waals surface area contributed by atoms with Crippen LogP contribution in [0.5, 0.6) is 0 Å². The third-order valence-corrected chi connectivity index (χ3v) is 3.48. The van der Waals surface area contributed by atoms with Crippen LogP contribution >= 0.6 is 11.3 Å². The van der Waals surface area contributed by atoms with Gasteiger partial charge in [-0.25, -0.2) is 9.78 Å². The van der Waals surface area contributed by atoms with Crippen LogP contribution in [0.1, 0.15) is 29.2 Å². The van der Waals surface area contributed by atoms with Gasteiger partial charge in [-0.2, -0.15) is 0 Å². The molecule has 98 valence electrons. The molecule has 1 aromatic rings. The van der Waals surface area contributed by atoms with E-state index in [4.69, 9.17) is 0 Å². The topological polar surface area (TPSA) is 76.6 Å². The van der Waals surface area contributed by atoms with Crippen LogP contribution in [0.3, 0.4) is 0 Å². The number of nitrogens with zero attached hydrogens (tertiary/aromatic N) is 2. The minimum atomic E-state index is -0.933. The summed E-state index contributed by atoms with van der Waals surface area (Å²) in [6.07, 6.45) is 0. The van der Waals surface area contributed by atoms with Crippen molar-refractivity contribution in [1.82, 2.24) is 4.98 Å². The van der Waals surface area contributed by atoms with Gasteiger partial charge in [0.1, 0.15) is 0 Å². The fourth-order valence-electron chi connectivity index (χ4n) is 1.27. The van der Waals surface area contributed by atoms with Gasteiger partial charge in [0.15, 0.2) is 10.9 Å². The predicted molar refractivity (Wildman–Crippen MR) is 66.9 cm³/mol. The first kappa shape index (κ1) is 14.3. The molecule has 0 N–H and O–H groups in total. The van der Waals surface area contributed by atoms with Crippen LogP contribution < -0.4 is 4.90 Å². The molecule has 7 heteroatoms. The summed E-state index contributed by atoms with van der Waals surface area (Å²) in [6, 6.07) is 0. The number of aromatic nitrogens is 1. The first-order valence-electron chi connectivity index (χ1n) is 5.31. The number of ether oxygens (including phenoxy) is 1. The van der Waals surface area contributed by atoms with Gasteiger partial charge in [0, 0.05) is 14.0 Å². The standard InChI is InChI=1S/C11H14N2O4S/c1-5-17-10(16)9(15)13(4)11-12-6(2)8(18-11)7(3)14/h5H2,1-4H3. The van der Waals surface area contributed by atoms with Gasteiger partial charge in [0.05, 0.1) is 17.2 Å². The first-order valence-corrected chi connectivity index (χ1v) is 6.13. The Balaban J connectivity index is 2.94. The average molecular weight is 270 g/mol. The maximum atomic E-state index is 11.7. The molecule has 0 aliphatic carbocycles. The highest BCUT2D eigenvalue weighted by molar-refractivity contribution is 7.17. The number of carbonyl (C=O) groups is 3. The molecular formula is C11H14N2O4S. The Hall–Kier alpha value is -1.76. The van der Waals surface area contributed by atoms with Crippen LogP contribution in [0.4, 0.5) is 5.13 Å². The molecule has 0 radical (unpaired) electrons. The number of ketones is 1. The number of amides is 1. The number of thiazole rings is 1. The monoisotopic (exact) mass is 270 g/mol. The summed E-state index contributed by atoms with van der Waals surface area (Å²) in [5, 5.41) is 0.302. The number of rotatable bonds is 3. The minimum Gasteiger partial charge on any atom is -0.459 e. The van der Waals surface area contributed by atoms with Crippen molar-refractivity contribution in [3.8, 4) is 0 Å². The Kier molecular flexibility index (Phi) is 4.55. The van der Waals surface area contributed by atoms with Gasteiger partial charge < -0.3 is 4.74 Å². The van der Waals surface area contributed by atoms with Gasteiger partial charge in [0.2, 0.25) is 0 Å². The second-order valence-electron chi connectivity index (χ2n) is 3.55. The lowest BCUT2D eigenvalue weighted by atomic mass is 10.3. The summed E-state index contributed by atoms with van der Waals surface area (Å²) in [5.74, 6) is -1.86. The summed E-state index contributed by atoms with van der Waals surface area (Å²) in [7, 11) is 1.42. The van der Waals surface area contributed by atoms with Crippen molar-refractivity contribution in [2.24, 2.45) is 0 Å². The van der Waals surface area contributed by atoms with Gasteiger partial charge in [0.25, 0.3) is 0 Å². The molecular weight excluding hydrogens is 256 g/mol. The van der Waals surface area contributed by atoms with E-state index in [-0.39, 0.29) is 12.4 Å². The Morgan fingerprint density at radius 1 is 1.39 bits per heavy atom. The summed E-state index contributed by atoms with van der Waals surface area (Å²) < 4.78 is 4.61. The molecule has 18 heavy (non-hydrogen) atoms. The molecule has 0 atom stereocenters. The number of likely N-dealkylation sites (N-methyl/N-ethyl adjacent to an activating group) is 1. The third kappa shape index (κ3) is 2.92. The summed E-state index contributed by atoms with van der Waals surface area (Å²) >= 11 is 1.08. The lowest BCUT2D eigenvalue weighted by Crippen LogP contribution is -2.34. The molecule has 0 bridgehead atoms. The normalized spacial score (nSPS) is 10.0. The van der Waals surface area contributed by atoms with Crippen molar-refractivity contribution in [3.63, 3.8) is 0 Å². The fraction of sp³-hybridized carbons (Fsp3) is 0.455. The van der Waals surface area contributed by atoms with Gasteiger partial charge in [-0.3, -0.25) is 14.5 Å². The van der Waals surface area contributed by atoms with Gasteiger partial charge in [-0.15, -0.1) is 0 Å². The molecule has 1 aromatic heterocycles. The van der Waals surface area contributed by atoms with E-state index in [0.717, 1.165) is 16.2 Å². The quantitative estimate of drug-likeness (QED) is 0.468. The summed E-state index contributed by atoms with van der Waals surface area (Å²) in [4.78, 5) is 39.9. The van der Waals surface area contributed by atoms with E-state index in [1.807, 2.05) is 0 Å². The molecule has 1 heterocycles. The number of anilines is 1. The lowest BCUT2D eigenvalue weighted by Gasteiger charge is -2.11. The maximum Gasteiger partial charge on any atom is 0.397 e. The fourth-order valence-corrected chi connectivity index (χ4v) is 2.19. The third-order valence-electron chi connectivity index (χ3n) is 2.15. The molecule has 0 saturated heterocycles. The smallest absolute Gasteiger partial charge is 0.397 e. The average Bonchev–Trinajstić information content (AvgIpc) is 2.69. The molecule has 6 nitrogen and oxygen atoms in total. The van der Waals surface area contributed by atoms with Crippen molar-refractivity contribution in [3.05, 3.63) is 10.6 Å². The van der Waals surface area contributed by atoms with E-state index in [2.05, 4.69) is 9.72 Å². The highest BCUT2D eigenvalue weighted by Crippen LogP contribution is 2.25. The molecule has 0 fully saturated rings. The van der Waals surface area contributed by atoms with Gasteiger partial charge in [-0.05, 0) is 13.8 Å². The minimum absolute atomic E-state index is 0.117. The summed E-state index contributed by atoms with van der Waals surface area (Å²) in [6.45, 7) is 4.86. The van der Waals surface area contributed by atoms with E-state index in [1.165, 1.54) is 14.0 Å². The van der Waals surface area contributed by atoms with E-state index >= 15 is 0 Å². The van der Waals surface area contributed by atoms with Crippen molar-refractivity contribution >= 4 is 34.1 Å². The number of aryl methyl sites for hydroxylation is 1. The van der Waals surface area contributed by atoms with E-state index in [9.17, 15) is 14.4 Å². The van der Waals surface area contributed by atoms with Crippen LogP contribution in [-0.4, -0.2) is 36.3 Å². The van der Waals surface area contributed by atoms with Crippen molar-refractivity contribution in [2.75, 3.05) is 18.6 Å². The first-order chi connectivity index (χ1) is 8.38. The second kappa shape index (κ2) is 5.72. The van der Waals surface area contributed by atoms with Crippen LogP contribution in [0, 0.1) is 6.92 Å². The van der Waals surface area contributed by atoms with Crippen molar-refractivity contribution in [2.45, 2.75) is 20.8 Å². The highest BCUT2D eigenvalue weighted by atomic mass is 32.1. The van der Waals surface area contributed by atoms with Gasteiger partial charge in [-0.1, -0.05) is 11.3 Å². The van der Waals surface area contributed by atoms with E-state index < -0.39 is 11.9 Å². The van der Waals surface area contributed by atoms with Crippen molar-refractivity contribution < 1.29 is 19.1 Å². The zero-order chi connectivity index (χ0) is 13.9. The van der Waals surface area contributed by atoms with Crippen LogP contribution in [-0.2, 0) is 14.3 Å². The molecule has 1 amide bonds. The molecule has 0 aliphatic heterocycles. The molecule has 0 unspecified atom stereocenters. The molecule has 0 spiro atoms. The number of esters is 1. The SMILES string of the molecule is CCOC(=O)C(=O)N(C)c1nc(C)c(C(C)=O)s1. The zero-order valence-electron chi connectivity index (χ0n) is 10.6. The second-order valence-corrected chi connectivity index (χ2v) is 4.53. The van der Waals surface area contributed by atoms with Gasteiger partial charge >= 0.3 is 11.9 Å². The lowest BCUT2D eigenvalue weighted by molar-refractivity contribution is -0.153. The van der Waals surface area contributed by atoms with E-state index in [1.54, 1.807) is 13.8 Å². The molecule has 0 saturated carbocycles. The number of carbonyl (C=O) groups excluding carboxylic acids is 3. The molecule has 1 rings (SSSR count). The largest absolute Gasteiger partial charge is 0.459 e. The Morgan fingerprint density at radius 3 is 2.44 bits per heavy atom.